The zero-order valence-electron chi connectivity index (χ0n) is 8.95. The molecule has 0 radical (unpaired) electrons. The Kier molecular flexibility index (Phi) is 3.62. The van der Waals surface area contributed by atoms with Crippen LogP contribution in [0.3, 0.4) is 0 Å². The Morgan fingerprint density at radius 2 is 2.11 bits per heavy atom. The first-order chi connectivity index (χ1) is 8.90. The van der Waals surface area contributed by atoms with Gasteiger partial charge in [-0.2, -0.15) is 0 Å². The lowest BCUT2D eigenvalue weighted by Gasteiger charge is -2.03. The summed E-state index contributed by atoms with van der Waals surface area (Å²) in [5, 5.41) is 23.4. The Morgan fingerprint density at radius 3 is 2.63 bits per heavy atom. The molecule has 0 unspecified atom stereocenters. The molecule has 0 aliphatic rings. The summed E-state index contributed by atoms with van der Waals surface area (Å²) in [4.78, 5) is 24.6. The molecule has 0 spiro atoms. The molecule has 19 heavy (non-hydrogen) atoms. The molecule has 1 aromatic heterocycles. The van der Waals surface area contributed by atoms with Crippen LogP contribution in [0.2, 0.25) is 0 Å². The smallest absolute Gasteiger partial charge is 0.478 e. The van der Waals surface area contributed by atoms with Crippen LogP contribution < -0.4 is 0 Å². The average Bonchev–Trinajstić information content (AvgIpc) is 2.71. The maximum atomic E-state index is 11.2. The summed E-state index contributed by atoms with van der Waals surface area (Å²) in [6.07, 6.45) is 0. The van der Waals surface area contributed by atoms with Gasteiger partial charge >= 0.3 is 11.9 Å². The highest BCUT2D eigenvalue weighted by molar-refractivity contribution is 9.10. The molecule has 98 valence electrons. The molecule has 0 aliphatic heterocycles. The molecule has 0 aliphatic carbocycles. The third-order valence-electron chi connectivity index (χ3n) is 2.14. The minimum Gasteiger partial charge on any atom is -0.478 e. The zero-order valence-corrected chi connectivity index (χ0v) is 12.1. The Hall–Kier alpha value is -1.81. The monoisotopic (exact) mass is 390 g/mol. The second kappa shape index (κ2) is 5.05. The van der Waals surface area contributed by atoms with Crippen molar-refractivity contribution < 1.29 is 14.8 Å². The van der Waals surface area contributed by atoms with E-state index in [2.05, 4.69) is 41.9 Å². The third kappa shape index (κ3) is 2.63. The van der Waals surface area contributed by atoms with Gasteiger partial charge < -0.3 is 15.2 Å². The highest BCUT2D eigenvalue weighted by atomic mass is 79.9. The van der Waals surface area contributed by atoms with Gasteiger partial charge in [-0.05, 0) is 28.1 Å². The minimum atomic E-state index is -1.18. The SMILES string of the molecule is O=C(O)c1cc(Br)ccc1-n1nc([N+](=O)[O-])nc1Br. The Bertz CT molecular complexity index is 685. The molecule has 0 fully saturated rings. The van der Waals surface area contributed by atoms with Crippen LogP contribution in [0.15, 0.2) is 27.4 Å². The van der Waals surface area contributed by atoms with Gasteiger partial charge in [-0.15, -0.1) is 4.68 Å². The van der Waals surface area contributed by atoms with Gasteiger partial charge in [-0.3, -0.25) is 0 Å². The van der Waals surface area contributed by atoms with Gasteiger partial charge in [-0.25, -0.2) is 4.79 Å². The Balaban J connectivity index is 2.65. The number of carboxylic acids is 1. The number of carboxylic acid groups (broad SMARTS) is 1. The number of aromatic carboxylic acids is 1. The largest absolute Gasteiger partial charge is 0.492 e. The second-order valence-corrected chi connectivity index (χ2v) is 4.94. The van der Waals surface area contributed by atoms with E-state index >= 15 is 0 Å². The maximum Gasteiger partial charge on any atom is 0.492 e. The molecule has 0 saturated carbocycles. The van der Waals surface area contributed by atoms with E-state index in [1.807, 2.05) is 0 Å². The van der Waals surface area contributed by atoms with Gasteiger partial charge in [0.2, 0.25) is 0 Å². The van der Waals surface area contributed by atoms with Crippen LogP contribution in [-0.4, -0.2) is 30.8 Å². The summed E-state index contributed by atoms with van der Waals surface area (Å²) in [7, 11) is 0. The number of nitro groups is 1. The molecule has 2 aromatic rings. The number of halogens is 2. The van der Waals surface area contributed by atoms with E-state index in [4.69, 9.17) is 5.11 Å². The second-order valence-electron chi connectivity index (χ2n) is 3.32. The van der Waals surface area contributed by atoms with Gasteiger partial charge in [0.1, 0.15) is 0 Å². The summed E-state index contributed by atoms with van der Waals surface area (Å²) in [5.41, 5.74) is 0.109. The summed E-state index contributed by atoms with van der Waals surface area (Å²) in [6, 6.07) is 4.44. The van der Waals surface area contributed by atoms with Crippen LogP contribution >= 0.6 is 31.9 Å². The molecule has 10 heteroatoms. The van der Waals surface area contributed by atoms with E-state index in [-0.39, 0.29) is 16.0 Å². The van der Waals surface area contributed by atoms with Crippen molar-refractivity contribution in [3.8, 4) is 5.69 Å². The van der Waals surface area contributed by atoms with Crippen LogP contribution in [0.1, 0.15) is 10.4 Å². The number of nitrogens with zero attached hydrogens (tertiary/aromatic N) is 4. The number of aromatic nitrogens is 3. The quantitative estimate of drug-likeness (QED) is 0.635. The van der Waals surface area contributed by atoms with Crippen molar-refractivity contribution in [3.63, 3.8) is 0 Å². The Labute approximate surface area is 122 Å². The van der Waals surface area contributed by atoms with Gasteiger partial charge in [0.15, 0.2) is 0 Å². The summed E-state index contributed by atoms with van der Waals surface area (Å²) < 4.78 is 1.66. The molecule has 8 nitrogen and oxygen atoms in total. The lowest BCUT2D eigenvalue weighted by Crippen LogP contribution is -2.07. The number of rotatable bonds is 3. The average molecular weight is 392 g/mol. The predicted octanol–water partition coefficient (Wildman–Crippen LogP) is 2.40. The fourth-order valence-electron chi connectivity index (χ4n) is 1.38. The van der Waals surface area contributed by atoms with Crippen molar-refractivity contribution in [2.75, 3.05) is 0 Å². The Morgan fingerprint density at radius 1 is 1.42 bits per heavy atom. The summed E-state index contributed by atoms with van der Waals surface area (Å²) >= 11 is 6.16. The van der Waals surface area contributed by atoms with Crippen LogP contribution in [0.25, 0.3) is 5.69 Å². The zero-order chi connectivity index (χ0) is 14.2. The normalized spacial score (nSPS) is 10.4. The highest BCUT2D eigenvalue weighted by Gasteiger charge is 2.24. The van der Waals surface area contributed by atoms with Crippen molar-refractivity contribution in [3.05, 3.63) is 43.1 Å². The summed E-state index contributed by atoms with van der Waals surface area (Å²) in [6.45, 7) is 0. The van der Waals surface area contributed by atoms with Crippen molar-refractivity contribution >= 4 is 43.8 Å². The molecule has 0 saturated heterocycles. The molecular weight excluding hydrogens is 388 g/mol. The minimum absolute atomic E-state index is 0.0454. The van der Waals surface area contributed by atoms with Gasteiger partial charge in [-0.1, -0.05) is 15.9 Å². The van der Waals surface area contributed by atoms with Crippen molar-refractivity contribution in [2.24, 2.45) is 0 Å². The molecule has 0 amide bonds. The van der Waals surface area contributed by atoms with Gasteiger partial charge in [0.25, 0.3) is 4.73 Å². The van der Waals surface area contributed by atoms with E-state index in [0.717, 1.165) is 4.68 Å². The van der Waals surface area contributed by atoms with E-state index < -0.39 is 16.8 Å². The first-order valence-corrected chi connectivity index (χ1v) is 6.29. The van der Waals surface area contributed by atoms with Crippen LogP contribution in [0, 0.1) is 10.1 Å². The number of carbonyl (C=O) groups is 1. The molecule has 0 atom stereocenters. The number of hydrogen-bond donors (Lipinski definition) is 1. The summed E-state index contributed by atoms with van der Waals surface area (Å²) in [5.74, 6) is -1.80. The molecule has 1 aromatic carbocycles. The van der Waals surface area contributed by atoms with Crippen molar-refractivity contribution in [1.29, 1.82) is 0 Å². The lowest BCUT2D eigenvalue weighted by molar-refractivity contribution is -0.394. The first-order valence-electron chi connectivity index (χ1n) is 4.70. The fourth-order valence-corrected chi connectivity index (χ4v) is 2.17. The van der Waals surface area contributed by atoms with Gasteiger partial charge in [0.05, 0.1) is 11.3 Å². The van der Waals surface area contributed by atoms with Crippen LogP contribution in [0.4, 0.5) is 5.95 Å². The number of hydrogen-bond acceptors (Lipinski definition) is 5. The first kappa shape index (κ1) is 13.6. The number of benzene rings is 1. The topological polar surface area (TPSA) is 111 Å². The fraction of sp³-hybridized carbons (Fsp3) is 0. The molecular formula is C9H4Br2N4O4. The van der Waals surface area contributed by atoms with Crippen LogP contribution in [0.5, 0.6) is 0 Å². The highest BCUT2D eigenvalue weighted by Crippen LogP contribution is 2.24. The predicted molar refractivity (Wildman–Crippen MR) is 70.4 cm³/mol. The van der Waals surface area contributed by atoms with E-state index in [1.54, 1.807) is 6.07 Å². The van der Waals surface area contributed by atoms with E-state index in [1.165, 1.54) is 12.1 Å². The molecule has 0 bridgehead atoms. The third-order valence-corrected chi connectivity index (χ3v) is 3.14. The van der Waals surface area contributed by atoms with Crippen molar-refractivity contribution in [1.82, 2.24) is 14.8 Å². The molecule has 1 heterocycles. The molecule has 2 rings (SSSR count). The lowest BCUT2D eigenvalue weighted by atomic mass is 10.2. The standard InChI is InChI=1S/C9H4Br2N4O4/c10-4-1-2-6(5(3-4)7(16)17)14-8(11)12-9(13-14)15(18)19/h1-3H,(H,16,17). The van der Waals surface area contributed by atoms with Gasteiger partial charge in [0, 0.05) is 25.5 Å². The van der Waals surface area contributed by atoms with Crippen LogP contribution in [-0.2, 0) is 0 Å². The van der Waals surface area contributed by atoms with E-state index in [9.17, 15) is 14.9 Å². The molecule has 1 N–H and O–H groups in total. The maximum absolute atomic E-state index is 11.2. The van der Waals surface area contributed by atoms with E-state index in [0.29, 0.717) is 4.47 Å². The van der Waals surface area contributed by atoms with Crippen molar-refractivity contribution in [2.45, 2.75) is 0 Å².